The lowest BCUT2D eigenvalue weighted by atomic mass is 9.84. The SMILES string of the molecule is CCCCCCCC/C=C\CCCCCC(=O)OC(COC(=O)CCCCCCCCCCCCCCCC)COP(=O)(O)OC1C(OC2OC(CO)C(O)C(O)C2O)C(O)C(O)C(O)C1OC1OC(COC(=O)CCCCCCCCCCCCCCCC)C(O)C(O)C1O. The van der Waals surface area contributed by atoms with Gasteiger partial charge in [-0.25, -0.2) is 4.57 Å². The highest BCUT2D eigenvalue weighted by Gasteiger charge is 2.58. The van der Waals surface area contributed by atoms with Gasteiger partial charge in [-0.1, -0.05) is 238 Å². The van der Waals surface area contributed by atoms with E-state index in [4.69, 9.17) is 42.2 Å². The molecule has 96 heavy (non-hydrogen) atoms. The van der Waals surface area contributed by atoms with Gasteiger partial charge in [-0.2, -0.15) is 0 Å². The summed E-state index contributed by atoms with van der Waals surface area (Å²) in [6.45, 7) is 3.43. The van der Waals surface area contributed by atoms with E-state index in [9.17, 15) is 74.9 Å². The van der Waals surface area contributed by atoms with Gasteiger partial charge in [0.15, 0.2) is 18.7 Å². The van der Waals surface area contributed by atoms with Crippen molar-refractivity contribution in [2.24, 2.45) is 0 Å². The number of unbranched alkanes of at least 4 members (excludes halogenated alkanes) is 35. The van der Waals surface area contributed by atoms with Crippen LogP contribution in [0.4, 0.5) is 0 Å². The lowest BCUT2D eigenvalue weighted by Gasteiger charge is -2.49. The van der Waals surface area contributed by atoms with Crippen LogP contribution >= 0.6 is 7.82 Å². The minimum atomic E-state index is -5.69. The van der Waals surface area contributed by atoms with Crippen molar-refractivity contribution in [2.75, 3.05) is 26.4 Å². The molecule has 3 rings (SSSR count). The first kappa shape index (κ1) is 87.9. The summed E-state index contributed by atoms with van der Waals surface area (Å²) in [5.74, 6) is -2.00. The Morgan fingerprint density at radius 2 is 0.729 bits per heavy atom. The van der Waals surface area contributed by atoms with Crippen LogP contribution in [0.2, 0.25) is 0 Å². The molecule has 0 radical (unpaired) electrons. The van der Waals surface area contributed by atoms with Crippen LogP contribution in [0.1, 0.15) is 290 Å². The number of aliphatic hydroxyl groups is 10. The molecular formula is C71H131O24P. The number of carbonyl (C=O) groups is 3. The topological polar surface area (TPSA) is 374 Å². The summed E-state index contributed by atoms with van der Waals surface area (Å²) >= 11 is 0. The summed E-state index contributed by atoms with van der Waals surface area (Å²) in [4.78, 5) is 50.9. The molecule has 3 aliphatic rings. The van der Waals surface area contributed by atoms with Gasteiger partial charge in [0.1, 0.15) is 98.7 Å². The van der Waals surface area contributed by atoms with Gasteiger partial charge in [0.05, 0.1) is 13.2 Å². The fraction of sp³-hybridized carbons (Fsp3) is 0.930. The van der Waals surface area contributed by atoms with Crippen LogP contribution in [0.15, 0.2) is 12.2 Å². The van der Waals surface area contributed by atoms with Gasteiger partial charge in [-0.05, 0) is 44.9 Å². The Morgan fingerprint density at radius 3 is 1.14 bits per heavy atom. The van der Waals surface area contributed by atoms with Crippen LogP contribution in [0.25, 0.3) is 0 Å². The predicted octanol–water partition coefficient (Wildman–Crippen LogP) is 9.96. The molecule has 1 saturated carbocycles. The minimum absolute atomic E-state index is 0.0319. The quantitative estimate of drug-likeness (QED) is 0.00886. The molecule has 11 N–H and O–H groups in total. The summed E-state index contributed by atoms with van der Waals surface area (Å²) in [6.07, 6.45) is 11.4. The van der Waals surface area contributed by atoms with Crippen molar-refractivity contribution >= 4 is 25.7 Å². The number of phosphoric ester groups is 1. The summed E-state index contributed by atoms with van der Waals surface area (Å²) in [7, 11) is -5.69. The highest BCUT2D eigenvalue weighted by atomic mass is 31.2. The standard InChI is InChI=1S/C71H131O24P/c1-4-7-10-13-16-19-22-25-28-30-33-36-39-42-45-55(73)87-49-52(90-57(75)47-44-41-38-35-32-27-24-21-18-15-12-9-6-3)50-89-96(85,86)95-69-67(93-70-65(83)60(78)58(76)53(48-72)91-70)63(81)62(80)64(82)68(69)94-71-66(84)61(79)59(77)54(92-71)51-88-56(74)46-43-40-37-34-31-29-26-23-20-17-14-11-8-5-2/h27,32,52-54,58-72,76-84H,4-26,28-31,33-51H2,1-3H3,(H,85,86)/b32-27-. The third-order valence-electron chi connectivity index (χ3n) is 18.5. The molecule has 0 aromatic carbocycles. The molecule has 24 nitrogen and oxygen atoms in total. The van der Waals surface area contributed by atoms with E-state index < -0.39 is 156 Å². The van der Waals surface area contributed by atoms with Crippen molar-refractivity contribution in [3.05, 3.63) is 12.2 Å². The van der Waals surface area contributed by atoms with Crippen molar-refractivity contribution < 1.29 is 117 Å². The Hall–Kier alpha value is -2.30. The second-order valence-electron chi connectivity index (χ2n) is 27.0. The van der Waals surface area contributed by atoms with Gasteiger partial charge in [0, 0.05) is 19.3 Å². The third-order valence-corrected chi connectivity index (χ3v) is 19.5. The van der Waals surface area contributed by atoms with E-state index in [0.29, 0.717) is 25.7 Å². The number of aliphatic hydroxyl groups excluding tert-OH is 10. The van der Waals surface area contributed by atoms with E-state index in [1.807, 2.05) is 0 Å². The Morgan fingerprint density at radius 1 is 0.396 bits per heavy atom. The van der Waals surface area contributed by atoms with E-state index in [2.05, 4.69) is 32.9 Å². The normalized spacial score (nSPS) is 28.0. The molecule has 0 aromatic heterocycles. The first-order valence-electron chi connectivity index (χ1n) is 37.5. The summed E-state index contributed by atoms with van der Waals surface area (Å²) in [5.41, 5.74) is 0. The molecule has 0 aromatic rings. The summed E-state index contributed by atoms with van der Waals surface area (Å²) in [6, 6.07) is 0. The summed E-state index contributed by atoms with van der Waals surface area (Å²) in [5, 5.41) is 110. The number of allylic oxidation sites excluding steroid dienone is 2. The van der Waals surface area contributed by atoms with E-state index in [0.717, 1.165) is 89.9 Å². The van der Waals surface area contributed by atoms with Crippen LogP contribution in [0.3, 0.4) is 0 Å². The highest BCUT2D eigenvalue weighted by Crippen LogP contribution is 2.49. The molecule has 2 saturated heterocycles. The highest BCUT2D eigenvalue weighted by molar-refractivity contribution is 7.47. The Kier molecular flexibility index (Phi) is 49.0. The van der Waals surface area contributed by atoms with Gasteiger partial charge in [-0.3, -0.25) is 23.4 Å². The monoisotopic (exact) mass is 1400 g/mol. The number of carbonyl (C=O) groups excluding carboxylic acids is 3. The van der Waals surface area contributed by atoms with E-state index >= 15 is 0 Å². The molecular weight excluding hydrogens is 1270 g/mol. The number of hydrogen-bond acceptors (Lipinski definition) is 23. The molecule has 3 fully saturated rings. The number of esters is 3. The van der Waals surface area contributed by atoms with Crippen molar-refractivity contribution in [2.45, 2.75) is 395 Å². The van der Waals surface area contributed by atoms with Crippen LogP contribution in [-0.2, 0) is 61.2 Å². The van der Waals surface area contributed by atoms with E-state index in [-0.39, 0.29) is 19.3 Å². The zero-order chi connectivity index (χ0) is 70.4. The zero-order valence-corrected chi connectivity index (χ0v) is 59.6. The number of hydrogen-bond donors (Lipinski definition) is 11. The summed E-state index contributed by atoms with van der Waals surface area (Å²) < 4.78 is 65.0. The molecule has 1 aliphatic carbocycles. The number of rotatable bonds is 58. The van der Waals surface area contributed by atoms with Crippen molar-refractivity contribution in [3.63, 3.8) is 0 Å². The maximum absolute atomic E-state index is 14.3. The molecule has 0 bridgehead atoms. The van der Waals surface area contributed by atoms with Crippen LogP contribution < -0.4 is 0 Å². The smallest absolute Gasteiger partial charge is 0.463 e. The van der Waals surface area contributed by atoms with Crippen LogP contribution in [-0.4, -0.2) is 204 Å². The Labute approximate surface area is 573 Å². The third kappa shape index (κ3) is 36.5. The first-order chi connectivity index (χ1) is 46.3. The van der Waals surface area contributed by atoms with E-state index in [1.165, 1.54) is 135 Å². The first-order valence-corrected chi connectivity index (χ1v) is 39.0. The number of ether oxygens (including phenoxy) is 7. The van der Waals surface area contributed by atoms with Crippen molar-refractivity contribution in [1.82, 2.24) is 0 Å². The van der Waals surface area contributed by atoms with Crippen molar-refractivity contribution in [1.29, 1.82) is 0 Å². The molecule has 2 aliphatic heterocycles. The van der Waals surface area contributed by atoms with Gasteiger partial charge in [-0.15, -0.1) is 0 Å². The molecule has 0 spiro atoms. The largest absolute Gasteiger partial charge is 0.472 e. The molecule has 25 heteroatoms. The average molecular weight is 1400 g/mol. The molecule has 564 valence electrons. The zero-order valence-electron chi connectivity index (χ0n) is 58.7. The Balaban J connectivity index is 1.74. The minimum Gasteiger partial charge on any atom is -0.463 e. The molecule has 18 unspecified atom stereocenters. The lowest BCUT2D eigenvalue weighted by molar-refractivity contribution is -0.360. The Bertz CT molecular complexity index is 2040. The maximum atomic E-state index is 14.3. The van der Waals surface area contributed by atoms with Crippen LogP contribution in [0, 0.1) is 0 Å². The fourth-order valence-corrected chi connectivity index (χ4v) is 13.4. The average Bonchev–Trinajstić information content (AvgIpc) is 0.778. The molecule has 18 atom stereocenters. The van der Waals surface area contributed by atoms with Gasteiger partial charge < -0.3 is 89.1 Å². The second-order valence-corrected chi connectivity index (χ2v) is 28.4. The van der Waals surface area contributed by atoms with Gasteiger partial charge in [0.25, 0.3) is 0 Å². The van der Waals surface area contributed by atoms with E-state index in [1.54, 1.807) is 0 Å². The van der Waals surface area contributed by atoms with Gasteiger partial charge in [0.2, 0.25) is 0 Å². The van der Waals surface area contributed by atoms with Gasteiger partial charge >= 0.3 is 25.7 Å². The fourth-order valence-electron chi connectivity index (χ4n) is 12.4. The van der Waals surface area contributed by atoms with Crippen LogP contribution in [0.5, 0.6) is 0 Å². The maximum Gasteiger partial charge on any atom is 0.472 e. The number of phosphoric acid groups is 1. The predicted molar refractivity (Wildman–Crippen MR) is 361 cm³/mol. The molecule has 2 heterocycles. The second kappa shape index (κ2) is 53.5. The lowest BCUT2D eigenvalue weighted by Crippen LogP contribution is -2.69. The van der Waals surface area contributed by atoms with Crippen molar-refractivity contribution in [3.8, 4) is 0 Å². The molecule has 0 amide bonds.